The molecular weight excluding hydrogens is 318 g/mol. The number of carbonyl (C=O) groups excluding carboxylic acids is 2. The zero-order chi connectivity index (χ0) is 16.1. The van der Waals surface area contributed by atoms with E-state index >= 15 is 0 Å². The highest BCUT2D eigenvalue weighted by atomic mass is 32.1. The molecule has 0 spiro atoms. The highest BCUT2D eigenvalue weighted by Gasteiger charge is 2.31. The first kappa shape index (κ1) is 15.6. The van der Waals surface area contributed by atoms with E-state index in [0.29, 0.717) is 18.9 Å². The van der Waals surface area contributed by atoms with Gasteiger partial charge in [-0.25, -0.2) is 0 Å². The van der Waals surface area contributed by atoms with Crippen molar-refractivity contribution in [3.8, 4) is 0 Å². The van der Waals surface area contributed by atoms with Gasteiger partial charge in [-0.15, -0.1) is 21.5 Å². The normalized spacial score (nSPS) is 18.6. The molecule has 1 fully saturated rings. The van der Waals surface area contributed by atoms with Crippen LogP contribution < -0.4 is 10.6 Å². The van der Waals surface area contributed by atoms with Crippen LogP contribution in [-0.2, 0) is 22.7 Å². The van der Waals surface area contributed by atoms with Crippen LogP contribution in [0.2, 0.25) is 0 Å². The van der Waals surface area contributed by atoms with E-state index in [1.807, 2.05) is 22.4 Å². The maximum Gasteiger partial charge on any atom is 0.237 e. The van der Waals surface area contributed by atoms with Crippen LogP contribution >= 0.6 is 11.3 Å². The molecule has 0 bridgehead atoms. The fourth-order valence-corrected chi connectivity index (χ4v) is 3.19. The minimum atomic E-state index is -0.462. The van der Waals surface area contributed by atoms with Gasteiger partial charge in [-0.3, -0.25) is 14.5 Å². The van der Waals surface area contributed by atoms with Crippen LogP contribution in [0.15, 0.2) is 17.5 Å². The van der Waals surface area contributed by atoms with Gasteiger partial charge in [0, 0.05) is 24.5 Å². The van der Waals surface area contributed by atoms with Crippen LogP contribution in [0.4, 0.5) is 0 Å². The molecule has 0 aromatic carbocycles. The molecule has 1 aliphatic rings. The van der Waals surface area contributed by atoms with Crippen LogP contribution in [0.5, 0.6) is 0 Å². The SMILES string of the molecule is O=C(C[C@@H]1C(=O)NCCN1Cc1cccs1)NCc1nn[nH]n1. The Morgan fingerprint density at radius 1 is 1.52 bits per heavy atom. The molecule has 1 saturated heterocycles. The number of tetrazole rings is 1. The van der Waals surface area contributed by atoms with Crippen molar-refractivity contribution in [2.24, 2.45) is 0 Å². The van der Waals surface area contributed by atoms with Crippen molar-refractivity contribution in [2.75, 3.05) is 13.1 Å². The summed E-state index contributed by atoms with van der Waals surface area (Å²) in [5.74, 6) is 0.0810. The average Bonchev–Trinajstić information content (AvgIpc) is 3.22. The molecule has 2 aromatic rings. The summed E-state index contributed by atoms with van der Waals surface area (Å²) in [5, 5.41) is 20.8. The number of hydrogen-bond donors (Lipinski definition) is 3. The number of hydrogen-bond acceptors (Lipinski definition) is 7. The quantitative estimate of drug-likeness (QED) is 0.641. The van der Waals surface area contributed by atoms with Crippen molar-refractivity contribution in [3.63, 3.8) is 0 Å². The molecule has 2 amide bonds. The van der Waals surface area contributed by atoms with E-state index in [2.05, 4.69) is 31.3 Å². The molecule has 0 radical (unpaired) electrons. The summed E-state index contributed by atoms with van der Waals surface area (Å²) in [5.41, 5.74) is 0. The topological polar surface area (TPSA) is 116 Å². The summed E-state index contributed by atoms with van der Waals surface area (Å²) in [7, 11) is 0. The minimum absolute atomic E-state index is 0.106. The van der Waals surface area contributed by atoms with Crippen molar-refractivity contribution in [1.82, 2.24) is 36.2 Å². The minimum Gasteiger partial charge on any atom is -0.353 e. The van der Waals surface area contributed by atoms with E-state index in [-0.39, 0.29) is 24.8 Å². The number of aromatic nitrogens is 4. The second-order valence-electron chi connectivity index (χ2n) is 5.17. The number of thiophene rings is 1. The molecule has 0 unspecified atom stereocenters. The standard InChI is InChI=1S/C13H17N7O2S/c21-12(15-7-11-16-18-19-17-11)6-10-13(22)14-3-4-20(10)8-9-2-1-5-23-9/h1-2,5,10H,3-4,6-8H2,(H,14,22)(H,15,21)(H,16,17,18,19)/t10-/m1/s1. The molecule has 3 N–H and O–H groups in total. The third-order valence-corrected chi connectivity index (χ3v) is 4.45. The second-order valence-corrected chi connectivity index (χ2v) is 6.20. The monoisotopic (exact) mass is 335 g/mol. The lowest BCUT2D eigenvalue weighted by molar-refractivity contribution is -0.134. The van der Waals surface area contributed by atoms with Crippen LogP contribution in [0.25, 0.3) is 0 Å². The number of aromatic amines is 1. The maximum absolute atomic E-state index is 12.1. The van der Waals surface area contributed by atoms with Gasteiger partial charge in [0.15, 0.2) is 5.82 Å². The zero-order valence-corrected chi connectivity index (χ0v) is 13.2. The van der Waals surface area contributed by atoms with Crippen molar-refractivity contribution in [2.45, 2.75) is 25.6 Å². The largest absolute Gasteiger partial charge is 0.353 e. The van der Waals surface area contributed by atoms with Crippen LogP contribution in [0.1, 0.15) is 17.1 Å². The van der Waals surface area contributed by atoms with Gasteiger partial charge in [0.1, 0.15) is 0 Å². The predicted octanol–water partition coefficient (Wildman–Crippen LogP) is -0.732. The summed E-state index contributed by atoms with van der Waals surface area (Å²) in [4.78, 5) is 27.4. The molecule has 122 valence electrons. The fourth-order valence-electron chi connectivity index (χ4n) is 2.46. The Labute approximate surface area is 136 Å². The molecule has 23 heavy (non-hydrogen) atoms. The molecule has 9 nitrogen and oxygen atoms in total. The first-order valence-electron chi connectivity index (χ1n) is 7.25. The van der Waals surface area contributed by atoms with Crippen LogP contribution in [0.3, 0.4) is 0 Å². The second kappa shape index (κ2) is 7.29. The van der Waals surface area contributed by atoms with E-state index in [1.54, 1.807) is 11.3 Å². The van der Waals surface area contributed by atoms with Crippen molar-refractivity contribution < 1.29 is 9.59 Å². The predicted molar refractivity (Wildman–Crippen MR) is 82.2 cm³/mol. The first-order valence-corrected chi connectivity index (χ1v) is 8.13. The smallest absolute Gasteiger partial charge is 0.237 e. The average molecular weight is 335 g/mol. The lowest BCUT2D eigenvalue weighted by Crippen LogP contribution is -2.56. The Balaban J connectivity index is 1.57. The van der Waals surface area contributed by atoms with Gasteiger partial charge in [0.2, 0.25) is 11.8 Å². The highest BCUT2D eigenvalue weighted by molar-refractivity contribution is 7.09. The van der Waals surface area contributed by atoms with Crippen molar-refractivity contribution >= 4 is 23.2 Å². The van der Waals surface area contributed by atoms with Gasteiger partial charge < -0.3 is 10.6 Å². The molecular formula is C13H17N7O2S. The molecule has 3 heterocycles. The molecule has 10 heteroatoms. The van der Waals surface area contributed by atoms with E-state index in [1.165, 1.54) is 4.88 Å². The number of carbonyl (C=O) groups is 2. The fraction of sp³-hybridized carbons (Fsp3) is 0.462. The van der Waals surface area contributed by atoms with Gasteiger partial charge in [-0.1, -0.05) is 11.3 Å². The third-order valence-electron chi connectivity index (χ3n) is 3.59. The molecule has 2 aromatic heterocycles. The van der Waals surface area contributed by atoms with Crippen molar-refractivity contribution in [3.05, 3.63) is 28.2 Å². The molecule has 0 aliphatic carbocycles. The Hall–Kier alpha value is -2.33. The van der Waals surface area contributed by atoms with E-state index in [0.717, 1.165) is 6.54 Å². The third kappa shape index (κ3) is 4.11. The summed E-state index contributed by atoms with van der Waals surface area (Å²) in [6, 6.07) is 3.55. The maximum atomic E-state index is 12.1. The number of rotatable bonds is 6. The molecule has 1 atom stereocenters. The van der Waals surface area contributed by atoms with Gasteiger partial charge >= 0.3 is 0 Å². The Bertz CT molecular complexity index is 643. The summed E-state index contributed by atoms with van der Waals surface area (Å²) < 4.78 is 0. The highest BCUT2D eigenvalue weighted by Crippen LogP contribution is 2.17. The number of H-pyrrole nitrogens is 1. The summed E-state index contributed by atoms with van der Waals surface area (Å²) in [6.45, 7) is 2.19. The number of piperazine rings is 1. The molecule has 3 rings (SSSR count). The molecule has 0 saturated carbocycles. The number of amides is 2. The zero-order valence-electron chi connectivity index (χ0n) is 12.4. The van der Waals surface area contributed by atoms with Crippen LogP contribution in [-0.4, -0.2) is 56.5 Å². The lowest BCUT2D eigenvalue weighted by atomic mass is 10.1. The van der Waals surface area contributed by atoms with Gasteiger partial charge in [-0.2, -0.15) is 5.21 Å². The lowest BCUT2D eigenvalue weighted by Gasteiger charge is -2.34. The first-order chi connectivity index (χ1) is 11.2. The summed E-state index contributed by atoms with van der Waals surface area (Å²) in [6.07, 6.45) is 0.106. The van der Waals surface area contributed by atoms with Crippen molar-refractivity contribution in [1.29, 1.82) is 0 Å². The Morgan fingerprint density at radius 3 is 3.17 bits per heavy atom. The van der Waals surface area contributed by atoms with Crippen LogP contribution in [0, 0.1) is 0 Å². The number of nitrogens with zero attached hydrogens (tertiary/aromatic N) is 4. The number of nitrogens with one attached hydrogen (secondary N) is 3. The van der Waals surface area contributed by atoms with E-state index in [4.69, 9.17) is 0 Å². The Morgan fingerprint density at radius 2 is 2.43 bits per heavy atom. The van der Waals surface area contributed by atoms with Gasteiger partial charge in [-0.05, 0) is 11.4 Å². The van der Waals surface area contributed by atoms with E-state index < -0.39 is 6.04 Å². The van der Waals surface area contributed by atoms with Gasteiger partial charge in [0.25, 0.3) is 0 Å². The molecule has 1 aliphatic heterocycles. The Kier molecular flexibility index (Phi) is 4.93. The van der Waals surface area contributed by atoms with E-state index in [9.17, 15) is 9.59 Å². The summed E-state index contributed by atoms with van der Waals surface area (Å²) >= 11 is 1.65. The van der Waals surface area contributed by atoms with Gasteiger partial charge in [0.05, 0.1) is 19.0 Å².